The van der Waals surface area contributed by atoms with Gasteiger partial charge in [-0.25, -0.2) is 0 Å². The summed E-state index contributed by atoms with van der Waals surface area (Å²) in [5.41, 5.74) is 6.69. The van der Waals surface area contributed by atoms with Gasteiger partial charge in [-0.05, 0) is 50.7 Å². The van der Waals surface area contributed by atoms with Crippen molar-refractivity contribution in [3.05, 3.63) is 29.8 Å². The molecule has 4 nitrogen and oxygen atoms in total. The third kappa shape index (κ3) is 4.46. The molecule has 1 saturated carbocycles. The Morgan fingerprint density at radius 1 is 1.43 bits per heavy atom. The molecule has 1 aromatic rings. The molecule has 4 heteroatoms. The number of carbonyl (C=O) groups is 1. The molecule has 0 heterocycles. The van der Waals surface area contributed by atoms with E-state index in [-0.39, 0.29) is 11.4 Å². The van der Waals surface area contributed by atoms with Crippen LogP contribution in [0.2, 0.25) is 0 Å². The van der Waals surface area contributed by atoms with Crippen LogP contribution in [0, 0.1) is 12.8 Å². The lowest BCUT2D eigenvalue weighted by atomic mass is 9.95. The van der Waals surface area contributed by atoms with Crippen molar-refractivity contribution in [2.75, 3.05) is 13.2 Å². The molecule has 1 fully saturated rings. The topological polar surface area (TPSA) is 64.3 Å². The molecule has 0 bridgehead atoms. The van der Waals surface area contributed by atoms with Crippen LogP contribution in [0.25, 0.3) is 0 Å². The summed E-state index contributed by atoms with van der Waals surface area (Å²) in [6.07, 6.45) is 3.54. The lowest BCUT2D eigenvalue weighted by Gasteiger charge is -2.29. The van der Waals surface area contributed by atoms with Gasteiger partial charge in [-0.1, -0.05) is 18.2 Å². The standard InChI is InChI=1S/C17H26N2O2/c1-13-6-3-4-7-15(13)21-11-5-8-16(20)19-17(2,12-18)14-9-10-14/h3-4,6-7,14H,5,8-12,18H2,1-2H3,(H,19,20). The Labute approximate surface area is 127 Å². The molecular formula is C17H26N2O2. The summed E-state index contributed by atoms with van der Waals surface area (Å²) < 4.78 is 5.70. The predicted molar refractivity (Wildman–Crippen MR) is 84.2 cm³/mol. The lowest BCUT2D eigenvalue weighted by Crippen LogP contribution is -2.53. The first-order valence-electron chi connectivity index (χ1n) is 7.74. The van der Waals surface area contributed by atoms with Gasteiger partial charge in [0.05, 0.1) is 12.1 Å². The van der Waals surface area contributed by atoms with Gasteiger partial charge in [0.15, 0.2) is 0 Å². The maximum atomic E-state index is 12.0. The van der Waals surface area contributed by atoms with Crippen LogP contribution in [-0.4, -0.2) is 24.6 Å². The predicted octanol–water partition coefficient (Wildman–Crippen LogP) is 2.40. The molecular weight excluding hydrogens is 264 g/mol. The molecule has 0 spiro atoms. The van der Waals surface area contributed by atoms with Gasteiger partial charge < -0.3 is 15.8 Å². The summed E-state index contributed by atoms with van der Waals surface area (Å²) in [6.45, 7) is 5.13. The fourth-order valence-electron chi connectivity index (χ4n) is 2.55. The Morgan fingerprint density at radius 2 is 2.14 bits per heavy atom. The first-order valence-corrected chi connectivity index (χ1v) is 7.74. The number of aryl methyl sites for hydroxylation is 1. The third-order valence-corrected chi connectivity index (χ3v) is 4.23. The maximum Gasteiger partial charge on any atom is 0.220 e. The molecule has 1 amide bonds. The first kappa shape index (κ1) is 15.8. The van der Waals surface area contributed by atoms with E-state index in [1.807, 2.05) is 38.1 Å². The molecule has 2 rings (SSSR count). The molecule has 116 valence electrons. The molecule has 1 unspecified atom stereocenters. The Morgan fingerprint density at radius 3 is 2.76 bits per heavy atom. The number of carbonyl (C=O) groups excluding carboxylic acids is 1. The average molecular weight is 290 g/mol. The van der Waals surface area contributed by atoms with Gasteiger partial charge in [0, 0.05) is 13.0 Å². The van der Waals surface area contributed by atoms with Crippen molar-refractivity contribution in [1.82, 2.24) is 5.32 Å². The Kier molecular flexibility index (Phi) is 5.23. The van der Waals surface area contributed by atoms with Crippen molar-refractivity contribution in [2.24, 2.45) is 11.7 Å². The van der Waals surface area contributed by atoms with E-state index in [1.165, 1.54) is 12.8 Å². The van der Waals surface area contributed by atoms with Crippen molar-refractivity contribution < 1.29 is 9.53 Å². The van der Waals surface area contributed by atoms with Crippen LogP contribution in [0.5, 0.6) is 5.75 Å². The smallest absolute Gasteiger partial charge is 0.220 e. The number of benzene rings is 1. The second-order valence-electron chi connectivity index (χ2n) is 6.16. The van der Waals surface area contributed by atoms with Crippen LogP contribution in [0.4, 0.5) is 0 Å². The Hall–Kier alpha value is -1.55. The Bertz CT molecular complexity index is 485. The van der Waals surface area contributed by atoms with Gasteiger partial charge in [-0.15, -0.1) is 0 Å². The van der Waals surface area contributed by atoms with Crippen molar-refractivity contribution in [3.63, 3.8) is 0 Å². The SMILES string of the molecule is Cc1ccccc1OCCCC(=O)NC(C)(CN)C1CC1. The zero-order valence-electron chi connectivity index (χ0n) is 13.0. The fraction of sp³-hybridized carbons (Fsp3) is 0.588. The first-order chi connectivity index (χ1) is 10.0. The van der Waals surface area contributed by atoms with E-state index < -0.39 is 0 Å². The fourth-order valence-corrected chi connectivity index (χ4v) is 2.55. The van der Waals surface area contributed by atoms with Crippen molar-refractivity contribution in [1.29, 1.82) is 0 Å². The van der Waals surface area contributed by atoms with Gasteiger partial charge in [0.25, 0.3) is 0 Å². The molecule has 1 atom stereocenters. The summed E-state index contributed by atoms with van der Waals surface area (Å²) in [6, 6.07) is 7.91. The number of para-hydroxylation sites is 1. The summed E-state index contributed by atoms with van der Waals surface area (Å²) in [5.74, 6) is 1.51. The minimum atomic E-state index is -0.228. The van der Waals surface area contributed by atoms with Crippen LogP contribution in [0.3, 0.4) is 0 Å². The molecule has 1 aliphatic carbocycles. The van der Waals surface area contributed by atoms with Crippen molar-refractivity contribution >= 4 is 5.91 Å². The molecule has 0 aliphatic heterocycles. The van der Waals surface area contributed by atoms with E-state index in [2.05, 4.69) is 5.32 Å². The molecule has 0 aromatic heterocycles. The monoisotopic (exact) mass is 290 g/mol. The molecule has 1 aromatic carbocycles. The molecule has 1 aliphatic rings. The number of nitrogens with two attached hydrogens (primary N) is 1. The largest absolute Gasteiger partial charge is 0.493 e. The second-order valence-corrected chi connectivity index (χ2v) is 6.16. The molecule has 3 N–H and O–H groups in total. The van der Waals surface area contributed by atoms with E-state index in [1.54, 1.807) is 0 Å². The molecule has 21 heavy (non-hydrogen) atoms. The average Bonchev–Trinajstić information content (AvgIpc) is 3.30. The number of nitrogens with one attached hydrogen (secondary N) is 1. The number of ether oxygens (including phenoxy) is 1. The van der Waals surface area contributed by atoms with Gasteiger partial charge in [-0.3, -0.25) is 4.79 Å². The highest BCUT2D eigenvalue weighted by atomic mass is 16.5. The van der Waals surface area contributed by atoms with E-state index in [4.69, 9.17) is 10.5 Å². The van der Waals surface area contributed by atoms with Gasteiger partial charge in [0.1, 0.15) is 5.75 Å². The summed E-state index contributed by atoms with van der Waals surface area (Å²) >= 11 is 0. The summed E-state index contributed by atoms with van der Waals surface area (Å²) in [7, 11) is 0. The van der Waals surface area contributed by atoms with Crippen LogP contribution in [-0.2, 0) is 4.79 Å². The summed E-state index contributed by atoms with van der Waals surface area (Å²) in [5, 5.41) is 3.10. The highest BCUT2D eigenvalue weighted by Gasteiger charge is 2.41. The normalized spacial score (nSPS) is 17.1. The van der Waals surface area contributed by atoms with Crippen LogP contribution >= 0.6 is 0 Å². The van der Waals surface area contributed by atoms with E-state index in [9.17, 15) is 4.79 Å². The summed E-state index contributed by atoms with van der Waals surface area (Å²) in [4.78, 5) is 12.0. The maximum absolute atomic E-state index is 12.0. The van der Waals surface area contributed by atoms with E-state index in [0.29, 0.717) is 31.9 Å². The quantitative estimate of drug-likeness (QED) is 0.723. The van der Waals surface area contributed by atoms with Crippen LogP contribution in [0.1, 0.15) is 38.2 Å². The number of amides is 1. The zero-order valence-corrected chi connectivity index (χ0v) is 13.0. The molecule has 0 radical (unpaired) electrons. The van der Waals surface area contributed by atoms with Gasteiger partial charge >= 0.3 is 0 Å². The van der Waals surface area contributed by atoms with E-state index in [0.717, 1.165) is 11.3 Å². The Balaban J connectivity index is 1.69. The number of hydrogen-bond acceptors (Lipinski definition) is 3. The van der Waals surface area contributed by atoms with Gasteiger partial charge in [0.2, 0.25) is 5.91 Å². The molecule has 0 saturated heterocycles. The van der Waals surface area contributed by atoms with Crippen molar-refractivity contribution in [3.8, 4) is 5.75 Å². The highest BCUT2D eigenvalue weighted by Crippen LogP contribution is 2.38. The third-order valence-electron chi connectivity index (χ3n) is 4.23. The minimum Gasteiger partial charge on any atom is -0.493 e. The highest BCUT2D eigenvalue weighted by molar-refractivity contribution is 5.76. The second kappa shape index (κ2) is 6.94. The number of rotatable bonds is 8. The van der Waals surface area contributed by atoms with E-state index >= 15 is 0 Å². The van der Waals surface area contributed by atoms with Crippen LogP contribution in [0.15, 0.2) is 24.3 Å². The minimum absolute atomic E-state index is 0.0724. The van der Waals surface area contributed by atoms with Crippen molar-refractivity contribution in [2.45, 2.75) is 45.1 Å². The lowest BCUT2D eigenvalue weighted by molar-refractivity contribution is -0.123. The van der Waals surface area contributed by atoms with Crippen LogP contribution < -0.4 is 15.8 Å². The zero-order chi connectivity index (χ0) is 15.3. The number of hydrogen-bond donors (Lipinski definition) is 2. The van der Waals surface area contributed by atoms with Gasteiger partial charge in [-0.2, -0.15) is 0 Å².